The lowest BCUT2D eigenvalue weighted by molar-refractivity contribution is 0.0690. The molecule has 0 bridgehead atoms. The van der Waals surface area contributed by atoms with Crippen molar-refractivity contribution in [2.45, 2.75) is 6.92 Å². The second-order valence-corrected chi connectivity index (χ2v) is 3.74. The highest BCUT2D eigenvalue weighted by atomic mass is 35.5. The van der Waals surface area contributed by atoms with Gasteiger partial charge in [-0.3, -0.25) is 0 Å². The van der Waals surface area contributed by atoms with Gasteiger partial charge in [0.15, 0.2) is 5.69 Å². The molecule has 0 fully saturated rings. The lowest BCUT2D eigenvalue weighted by Gasteiger charge is -2.00. The second kappa shape index (κ2) is 3.98. The topological polar surface area (TPSA) is 63.3 Å². The summed E-state index contributed by atoms with van der Waals surface area (Å²) in [7, 11) is 0. The van der Waals surface area contributed by atoms with E-state index in [4.69, 9.17) is 21.1 Å². The van der Waals surface area contributed by atoms with Crippen LogP contribution in [0.1, 0.15) is 16.1 Å². The van der Waals surface area contributed by atoms with Crippen LogP contribution in [0.25, 0.3) is 11.5 Å². The van der Waals surface area contributed by atoms with Crippen LogP contribution in [0.3, 0.4) is 0 Å². The van der Waals surface area contributed by atoms with Gasteiger partial charge in [0.1, 0.15) is 6.26 Å². The fourth-order valence-electron chi connectivity index (χ4n) is 1.36. The molecule has 1 aromatic heterocycles. The van der Waals surface area contributed by atoms with Gasteiger partial charge in [0.05, 0.1) is 0 Å². The number of aryl methyl sites for hydroxylation is 1. The molecular weight excluding hydrogens is 230 g/mol. The van der Waals surface area contributed by atoms with Gasteiger partial charge in [-0.15, -0.1) is 0 Å². The van der Waals surface area contributed by atoms with Crippen LogP contribution in [0.4, 0.5) is 0 Å². The number of benzene rings is 1. The van der Waals surface area contributed by atoms with Crippen molar-refractivity contribution in [1.29, 1.82) is 0 Å². The van der Waals surface area contributed by atoms with E-state index in [0.29, 0.717) is 5.02 Å². The largest absolute Gasteiger partial charge is 0.476 e. The molecule has 0 amide bonds. The van der Waals surface area contributed by atoms with Crippen molar-refractivity contribution in [3.63, 3.8) is 0 Å². The van der Waals surface area contributed by atoms with Crippen molar-refractivity contribution in [2.24, 2.45) is 0 Å². The molecule has 82 valence electrons. The number of aromatic nitrogens is 1. The van der Waals surface area contributed by atoms with Crippen LogP contribution in [0, 0.1) is 6.92 Å². The Morgan fingerprint density at radius 2 is 2.25 bits per heavy atom. The number of carboxylic acids is 1. The first kappa shape index (κ1) is 10.7. The fraction of sp³-hybridized carbons (Fsp3) is 0.0909. The molecule has 2 aromatic rings. The van der Waals surface area contributed by atoms with Gasteiger partial charge in [0.25, 0.3) is 0 Å². The Morgan fingerprint density at radius 1 is 1.50 bits per heavy atom. The van der Waals surface area contributed by atoms with Gasteiger partial charge >= 0.3 is 5.97 Å². The molecule has 0 saturated heterocycles. The third-order valence-electron chi connectivity index (χ3n) is 2.14. The Balaban J connectivity index is 2.46. The van der Waals surface area contributed by atoms with E-state index in [-0.39, 0.29) is 11.6 Å². The van der Waals surface area contributed by atoms with Gasteiger partial charge in [-0.05, 0) is 30.7 Å². The molecular formula is C11H8ClNO3. The predicted molar refractivity (Wildman–Crippen MR) is 58.6 cm³/mol. The fourth-order valence-corrected chi connectivity index (χ4v) is 1.59. The molecule has 0 aliphatic heterocycles. The molecule has 1 N–H and O–H groups in total. The average molecular weight is 238 g/mol. The van der Waals surface area contributed by atoms with E-state index in [1.54, 1.807) is 18.2 Å². The van der Waals surface area contributed by atoms with Crippen LogP contribution in [0.2, 0.25) is 5.02 Å². The van der Waals surface area contributed by atoms with Gasteiger partial charge in [-0.1, -0.05) is 11.6 Å². The molecule has 1 aromatic carbocycles. The van der Waals surface area contributed by atoms with E-state index < -0.39 is 5.97 Å². The standard InChI is InChI=1S/C11H8ClNO3/c1-6-4-7(12)2-3-8(6)10-13-9(5-16-10)11(14)15/h2-5H,1H3,(H,14,15). The molecule has 1 heterocycles. The highest BCUT2D eigenvalue weighted by molar-refractivity contribution is 6.30. The van der Waals surface area contributed by atoms with E-state index in [2.05, 4.69) is 4.98 Å². The molecule has 0 radical (unpaired) electrons. The minimum Gasteiger partial charge on any atom is -0.476 e. The summed E-state index contributed by atoms with van der Waals surface area (Å²) >= 11 is 5.81. The third-order valence-corrected chi connectivity index (χ3v) is 2.38. The minimum atomic E-state index is -1.11. The van der Waals surface area contributed by atoms with Crippen molar-refractivity contribution in [3.05, 3.63) is 40.7 Å². The number of hydrogen-bond donors (Lipinski definition) is 1. The van der Waals surface area contributed by atoms with E-state index >= 15 is 0 Å². The molecule has 16 heavy (non-hydrogen) atoms. The molecule has 0 unspecified atom stereocenters. The van der Waals surface area contributed by atoms with Crippen LogP contribution in [-0.2, 0) is 0 Å². The Morgan fingerprint density at radius 3 is 2.81 bits per heavy atom. The minimum absolute atomic E-state index is 0.107. The van der Waals surface area contributed by atoms with Crippen molar-refractivity contribution in [1.82, 2.24) is 4.98 Å². The van der Waals surface area contributed by atoms with Crippen LogP contribution < -0.4 is 0 Å². The third kappa shape index (κ3) is 1.92. The highest BCUT2D eigenvalue weighted by Gasteiger charge is 2.13. The molecule has 4 nitrogen and oxygen atoms in total. The summed E-state index contributed by atoms with van der Waals surface area (Å²) in [4.78, 5) is 14.5. The zero-order valence-corrected chi connectivity index (χ0v) is 9.15. The second-order valence-electron chi connectivity index (χ2n) is 3.30. The van der Waals surface area contributed by atoms with Gasteiger partial charge in [-0.2, -0.15) is 0 Å². The zero-order chi connectivity index (χ0) is 11.7. The van der Waals surface area contributed by atoms with Crippen LogP contribution in [0.15, 0.2) is 28.9 Å². The van der Waals surface area contributed by atoms with E-state index in [1.165, 1.54) is 0 Å². The number of aromatic carboxylic acids is 1. The Bertz CT molecular complexity index is 548. The van der Waals surface area contributed by atoms with Gasteiger partial charge in [-0.25, -0.2) is 9.78 Å². The number of oxazole rings is 1. The summed E-state index contributed by atoms with van der Waals surface area (Å²) in [5.74, 6) is -0.826. The number of carboxylic acid groups (broad SMARTS) is 1. The van der Waals surface area contributed by atoms with Crippen LogP contribution in [0.5, 0.6) is 0 Å². The summed E-state index contributed by atoms with van der Waals surface area (Å²) in [5, 5.41) is 9.33. The number of halogens is 1. The van der Waals surface area contributed by atoms with E-state index in [1.807, 2.05) is 6.92 Å². The normalized spacial score (nSPS) is 10.4. The highest BCUT2D eigenvalue weighted by Crippen LogP contribution is 2.25. The molecule has 0 aliphatic carbocycles. The summed E-state index contributed by atoms with van der Waals surface area (Å²) in [6.07, 6.45) is 1.12. The zero-order valence-electron chi connectivity index (χ0n) is 8.40. The molecule has 2 rings (SSSR count). The van der Waals surface area contributed by atoms with Crippen molar-refractivity contribution in [2.75, 3.05) is 0 Å². The van der Waals surface area contributed by atoms with Gasteiger partial charge in [0.2, 0.25) is 5.89 Å². The predicted octanol–water partition coefficient (Wildman–Crippen LogP) is 3.00. The van der Waals surface area contributed by atoms with Crippen molar-refractivity contribution >= 4 is 17.6 Å². The van der Waals surface area contributed by atoms with Gasteiger partial charge < -0.3 is 9.52 Å². The summed E-state index contributed by atoms with van der Waals surface area (Å²) in [6.45, 7) is 1.85. The van der Waals surface area contributed by atoms with Crippen LogP contribution >= 0.6 is 11.6 Å². The number of rotatable bonds is 2. The first-order chi connectivity index (χ1) is 7.58. The quantitative estimate of drug-likeness (QED) is 0.872. The monoisotopic (exact) mass is 237 g/mol. The summed E-state index contributed by atoms with van der Waals surface area (Å²) < 4.78 is 5.10. The first-order valence-electron chi connectivity index (χ1n) is 4.53. The maximum absolute atomic E-state index is 10.6. The average Bonchev–Trinajstić information content (AvgIpc) is 2.66. The summed E-state index contributed by atoms with van der Waals surface area (Å²) in [6, 6.07) is 5.21. The molecule has 5 heteroatoms. The number of nitrogens with zero attached hydrogens (tertiary/aromatic N) is 1. The number of carbonyl (C=O) groups is 1. The molecule has 0 spiro atoms. The smallest absolute Gasteiger partial charge is 0.357 e. The van der Waals surface area contributed by atoms with Gasteiger partial charge in [0, 0.05) is 10.6 Å². The maximum atomic E-state index is 10.6. The lowest BCUT2D eigenvalue weighted by Crippen LogP contribution is -1.95. The van der Waals surface area contributed by atoms with Crippen LogP contribution in [-0.4, -0.2) is 16.1 Å². The van der Waals surface area contributed by atoms with Crippen molar-refractivity contribution in [3.8, 4) is 11.5 Å². The Labute approximate surface area is 96.5 Å². The lowest BCUT2D eigenvalue weighted by atomic mass is 10.1. The molecule has 0 aliphatic rings. The molecule has 0 atom stereocenters. The molecule has 0 saturated carbocycles. The number of hydrogen-bond acceptors (Lipinski definition) is 3. The maximum Gasteiger partial charge on any atom is 0.357 e. The van der Waals surface area contributed by atoms with E-state index in [9.17, 15) is 4.79 Å². The SMILES string of the molecule is Cc1cc(Cl)ccc1-c1nc(C(=O)O)co1. The van der Waals surface area contributed by atoms with E-state index in [0.717, 1.165) is 17.4 Å². The van der Waals surface area contributed by atoms with Crippen molar-refractivity contribution < 1.29 is 14.3 Å². The summed E-state index contributed by atoms with van der Waals surface area (Å²) in [5.41, 5.74) is 1.51. The Kier molecular flexibility index (Phi) is 2.66. The first-order valence-corrected chi connectivity index (χ1v) is 4.91. The Hall–Kier alpha value is -1.81.